The maximum absolute atomic E-state index is 12.2. The summed E-state index contributed by atoms with van der Waals surface area (Å²) in [4.78, 5) is 16.3. The maximum atomic E-state index is 12.2. The first-order chi connectivity index (χ1) is 15.1. The number of halogens is 2. The molecule has 0 spiro atoms. The minimum atomic E-state index is -0.483. The molecule has 1 aromatic heterocycles. The molecule has 0 N–H and O–H groups in total. The fourth-order valence-electron chi connectivity index (χ4n) is 2.70. The molecule has 2 heterocycles. The normalized spacial score (nSPS) is 11.8. The molecule has 0 fully saturated rings. The number of fused-ring (bicyclic) bond motifs is 1. The Morgan fingerprint density at radius 1 is 1.03 bits per heavy atom. The van der Waals surface area contributed by atoms with Gasteiger partial charge in [-0.05, 0) is 30.3 Å². The molecule has 0 saturated carbocycles. The van der Waals surface area contributed by atoms with Crippen molar-refractivity contribution in [1.29, 1.82) is 0 Å². The number of nitrogens with zero attached hydrogens (tertiary/aromatic N) is 1. The van der Waals surface area contributed by atoms with Crippen molar-refractivity contribution in [2.24, 2.45) is 0 Å². The number of esters is 1. The second-order valence-electron chi connectivity index (χ2n) is 6.39. The quantitative estimate of drug-likeness (QED) is 0.322. The molecule has 1 aliphatic heterocycles. The van der Waals surface area contributed by atoms with Crippen LogP contribution in [0.4, 0.5) is 0 Å². The molecule has 0 atom stereocenters. The van der Waals surface area contributed by atoms with Crippen molar-refractivity contribution in [1.82, 2.24) is 4.98 Å². The highest BCUT2D eigenvalue weighted by atomic mass is 35.5. The summed E-state index contributed by atoms with van der Waals surface area (Å²) in [5.74, 6) is 2.18. The molecular formula is C22H17Cl2NO6. The Morgan fingerprint density at radius 3 is 2.74 bits per heavy atom. The standard InChI is InChI=1S/C22H17Cl2NO6/c23-16-3-1-4-18(21(16)24)31-20-8-5-14(12-25-20)22(26)28-10-2-9-27-15-6-7-17-19(11-15)30-13-29-17/h1,3-8,11-12H,2,9-10,13H2. The molecule has 0 saturated heterocycles. The lowest BCUT2D eigenvalue weighted by atomic mass is 10.3. The predicted molar refractivity (Wildman–Crippen MR) is 114 cm³/mol. The SMILES string of the molecule is O=C(OCCCOc1ccc2c(c1)OCO2)c1ccc(Oc2cccc(Cl)c2Cl)nc1. The first kappa shape index (κ1) is 21.1. The molecule has 7 nitrogen and oxygen atoms in total. The van der Waals surface area contributed by atoms with Crippen molar-refractivity contribution >= 4 is 29.2 Å². The van der Waals surface area contributed by atoms with Crippen LogP contribution in [0.5, 0.6) is 28.9 Å². The summed E-state index contributed by atoms with van der Waals surface area (Å²) in [7, 11) is 0. The first-order valence-electron chi connectivity index (χ1n) is 9.37. The van der Waals surface area contributed by atoms with Crippen LogP contribution in [-0.2, 0) is 4.74 Å². The van der Waals surface area contributed by atoms with Crippen LogP contribution >= 0.6 is 23.2 Å². The van der Waals surface area contributed by atoms with Crippen molar-refractivity contribution in [2.45, 2.75) is 6.42 Å². The minimum Gasteiger partial charge on any atom is -0.493 e. The van der Waals surface area contributed by atoms with Gasteiger partial charge in [-0.1, -0.05) is 29.3 Å². The number of pyridine rings is 1. The molecule has 4 rings (SSSR count). The highest BCUT2D eigenvalue weighted by Gasteiger charge is 2.14. The third-order valence-corrected chi connectivity index (χ3v) is 5.04. The number of carbonyl (C=O) groups is 1. The molecule has 0 bridgehead atoms. The number of rotatable bonds is 8. The molecule has 2 aromatic carbocycles. The molecule has 0 aliphatic carbocycles. The van der Waals surface area contributed by atoms with E-state index in [1.54, 1.807) is 48.5 Å². The van der Waals surface area contributed by atoms with E-state index in [0.29, 0.717) is 46.6 Å². The van der Waals surface area contributed by atoms with E-state index in [4.69, 9.17) is 46.9 Å². The third kappa shape index (κ3) is 5.31. The summed E-state index contributed by atoms with van der Waals surface area (Å²) >= 11 is 12.1. The van der Waals surface area contributed by atoms with Gasteiger partial charge in [-0.15, -0.1) is 0 Å². The number of hydrogen-bond donors (Lipinski definition) is 0. The van der Waals surface area contributed by atoms with E-state index in [2.05, 4.69) is 4.98 Å². The number of hydrogen-bond acceptors (Lipinski definition) is 7. The van der Waals surface area contributed by atoms with E-state index in [1.165, 1.54) is 6.20 Å². The Hall–Kier alpha value is -3.16. The van der Waals surface area contributed by atoms with Gasteiger partial charge in [0.25, 0.3) is 0 Å². The minimum absolute atomic E-state index is 0.208. The molecule has 31 heavy (non-hydrogen) atoms. The van der Waals surface area contributed by atoms with Gasteiger partial charge in [-0.3, -0.25) is 0 Å². The summed E-state index contributed by atoms with van der Waals surface area (Å²) in [5.41, 5.74) is 0.307. The van der Waals surface area contributed by atoms with Gasteiger partial charge in [0.05, 0.1) is 23.8 Å². The van der Waals surface area contributed by atoms with Crippen LogP contribution < -0.4 is 18.9 Å². The number of benzene rings is 2. The van der Waals surface area contributed by atoms with Gasteiger partial charge < -0.3 is 23.7 Å². The van der Waals surface area contributed by atoms with E-state index in [1.807, 2.05) is 0 Å². The molecule has 1 aliphatic rings. The summed E-state index contributed by atoms with van der Waals surface area (Å²) in [6.07, 6.45) is 1.90. The van der Waals surface area contributed by atoms with Gasteiger partial charge in [0.2, 0.25) is 12.7 Å². The molecule has 0 radical (unpaired) electrons. The monoisotopic (exact) mass is 461 g/mol. The van der Waals surface area contributed by atoms with Crippen LogP contribution in [-0.4, -0.2) is 31.0 Å². The van der Waals surface area contributed by atoms with Crippen molar-refractivity contribution < 1.29 is 28.5 Å². The number of carbonyl (C=O) groups excluding carboxylic acids is 1. The lowest BCUT2D eigenvalue weighted by molar-refractivity contribution is 0.0485. The Labute approximate surface area is 188 Å². The van der Waals surface area contributed by atoms with E-state index < -0.39 is 5.97 Å². The van der Waals surface area contributed by atoms with Gasteiger partial charge >= 0.3 is 5.97 Å². The highest BCUT2D eigenvalue weighted by molar-refractivity contribution is 6.42. The lowest BCUT2D eigenvalue weighted by Gasteiger charge is -2.09. The first-order valence-corrected chi connectivity index (χ1v) is 10.1. The summed E-state index contributed by atoms with van der Waals surface area (Å²) < 4.78 is 27.0. The van der Waals surface area contributed by atoms with E-state index in [0.717, 1.165) is 0 Å². The number of ether oxygens (including phenoxy) is 5. The van der Waals surface area contributed by atoms with Gasteiger partial charge in [0.1, 0.15) is 16.5 Å². The van der Waals surface area contributed by atoms with Crippen molar-refractivity contribution in [3.8, 4) is 28.9 Å². The molecule has 0 unspecified atom stereocenters. The van der Waals surface area contributed by atoms with Crippen molar-refractivity contribution in [3.05, 3.63) is 70.3 Å². The zero-order valence-electron chi connectivity index (χ0n) is 16.2. The van der Waals surface area contributed by atoms with Crippen molar-refractivity contribution in [3.63, 3.8) is 0 Å². The highest BCUT2D eigenvalue weighted by Crippen LogP contribution is 2.35. The molecule has 3 aromatic rings. The van der Waals surface area contributed by atoms with Gasteiger partial charge in [0.15, 0.2) is 11.5 Å². The molecule has 160 valence electrons. The fourth-order valence-corrected chi connectivity index (χ4v) is 3.03. The van der Waals surface area contributed by atoms with Gasteiger partial charge in [-0.2, -0.15) is 0 Å². The average Bonchev–Trinajstić information content (AvgIpc) is 3.25. The molecular weight excluding hydrogens is 445 g/mol. The van der Waals surface area contributed by atoms with E-state index in [-0.39, 0.29) is 24.3 Å². The number of aromatic nitrogens is 1. The summed E-state index contributed by atoms with van der Waals surface area (Å²) in [6, 6.07) is 13.5. The Kier molecular flexibility index (Phi) is 6.64. The van der Waals surface area contributed by atoms with Crippen LogP contribution in [0.15, 0.2) is 54.7 Å². The smallest absolute Gasteiger partial charge is 0.339 e. The van der Waals surface area contributed by atoms with Gasteiger partial charge in [-0.25, -0.2) is 9.78 Å². The van der Waals surface area contributed by atoms with Crippen LogP contribution in [0, 0.1) is 0 Å². The van der Waals surface area contributed by atoms with Crippen molar-refractivity contribution in [2.75, 3.05) is 20.0 Å². The summed E-state index contributed by atoms with van der Waals surface area (Å²) in [6.45, 7) is 0.809. The van der Waals surface area contributed by atoms with Crippen LogP contribution in [0.1, 0.15) is 16.8 Å². The maximum Gasteiger partial charge on any atom is 0.339 e. The summed E-state index contributed by atoms with van der Waals surface area (Å²) in [5, 5.41) is 0.666. The van der Waals surface area contributed by atoms with E-state index in [9.17, 15) is 4.79 Å². The fraction of sp³-hybridized carbons (Fsp3) is 0.182. The molecule has 0 amide bonds. The second kappa shape index (κ2) is 9.76. The third-order valence-electron chi connectivity index (χ3n) is 4.24. The second-order valence-corrected chi connectivity index (χ2v) is 7.18. The van der Waals surface area contributed by atoms with Crippen LogP contribution in [0.3, 0.4) is 0 Å². The van der Waals surface area contributed by atoms with Gasteiger partial charge in [0, 0.05) is 24.8 Å². The zero-order chi connectivity index (χ0) is 21.6. The zero-order valence-corrected chi connectivity index (χ0v) is 17.7. The molecule has 9 heteroatoms. The largest absolute Gasteiger partial charge is 0.493 e. The average molecular weight is 462 g/mol. The Morgan fingerprint density at radius 2 is 1.90 bits per heavy atom. The lowest BCUT2D eigenvalue weighted by Crippen LogP contribution is -2.09. The Balaban J connectivity index is 1.21. The van der Waals surface area contributed by atoms with E-state index >= 15 is 0 Å². The predicted octanol–water partition coefficient (Wildman–Crippen LogP) is 5.54. The van der Waals surface area contributed by atoms with Crippen LogP contribution in [0.25, 0.3) is 0 Å². The van der Waals surface area contributed by atoms with Crippen LogP contribution in [0.2, 0.25) is 10.0 Å². The Bertz CT molecular complexity index is 1070. The topological polar surface area (TPSA) is 76.1 Å².